The lowest BCUT2D eigenvalue weighted by Gasteiger charge is -2.23. The molecular formula is C17H14F5NO3S2. The van der Waals surface area contributed by atoms with Crippen LogP contribution >= 0.6 is 0 Å². The molecule has 2 aromatic carbocycles. The quantitative estimate of drug-likeness (QED) is 0.394. The summed E-state index contributed by atoms with van der Waals surface area (Å²) in [6.07, 6.45) is 2.25. The van der Waals surface area contributed by atoms with Crippen molar-refractivity contribution in [3.8, 4) is 0 Å². The Balaban J connectivity index is 2.04. The summed E-state index contributed by atoms with van der Waals surface area (Å²) < 4.78 is 106. The lowest BCUT2D eigenvalue weighted by Crippen LogP contribution is -2.34. The van der Waals surface area contributed by atoms with Gasteiger partial charge in [-0.1, -0.05) is 12.1 Å². The van der Waals surface area contributed by atoms with Crippen LogP contribution in [0.25, 0.3) is 0 Å². The molecule has 0 spiro atoms. The summed E-state index contributed by atoms with van der Waals surface area (Å²) in [7, 11) is -6.27. The van der Waals surface area contributed by atoms with E-state index in [2.05, 4.69) is 0 Å². The predicted octanol–water partition coefficient (Wildman–Crippen LogP) is 3.47. The monoisotopic (exact) mass is 439 g/mol. The largest absolute Gasteiger partial charge is 0.255 e. The van der Waals surface area contributed by atoms with Crippen LogP contribution in [0.15, 0.2) is 34.1 Å². The summed E-state index contributed by atoms with van der Waals surface area (Å²) in [6, 6.07) is 5.36. The second-order valence-electron chi connectivity index (χ2n) is 6.28. The molecule has 0 radical (unpaired) electrons. The van der Waals surface area contributed by atoms with Gasteiger partial charge in [-0.05, 0) is 30.5 Å². The minimum atomic E-state index is -5.01. The second kappa shape index (κ2) is 7.53. The molecule has 28 heavy (non-hydrogen) atoms. The molecule has 0 N–H and O–H groups in total. The highest BCUT2D eigenvalue weighted by molar-refractivity contribution is 7.89. The number of rotatable bonds is 6. The number of sulfonamides is 1. The van der Waals surface area contributed by atoms with Crippen LogP contribution in [0.4, 0.5) is 22.0 Å². The molecule has 0 saturated heterocycles. The van der Waals surface area contributed by atoms with Crippen LogP contribution in [0.1, 0.15) is 18.4 Å². The average molecular weight is 439 g/mol. The Bertz CT molecular complexity index is 1020. The first-order chi connectivity index (χ1) is 13.1. The third-order valence-corrected chi connectivity index (χ3v) is 7.14. The van der Waals surface area contributed by atoms with Gasteiger partial charge in [-0.2, -0.15) is 4.31 Å². The zero-order valence-electron chi connectivity index (χ0n) is 14.4. The van der Waals surface area contributed by atoms with E-state index in [-0.39, 0.29) is 6.54 Å². The van der Waals surface area contributed by atoms with Crippen molar-refractivity contribution in [3.63, 3.8) is 0 Å². The maximum absolute atomic E-state index is 14.1. The van der Waals surface area contributed by atoms with Crippen molar-refractivity contribution in [2.75, 3.05) is 6.26 Å². The molecule has 11 heteroatoms. The van der Waals surface area contributed by atoms with Crippen LogP contribution in [0, 0.1) is 29.1 Å². The maximum atomic E-state index is 14.1. The smallest absolute Gasteiger partial charge is 0.249 e. The summed E-state index contributed by atoms with van der Waals surface area (Å²) in [5.41, 5.74) is 0.411. The van der Waals surface area contributed by atoms with E-state index in [0.717, 1.165) is 4.31 Å². The second-order valence-corrected chi connectivity index (χ2v) is 9.49. The summed E-state index contributed by atoms with van der Waals surface area (Å²) >= 11 is 0. The van der Waals surface area contributed by atoms with Gasteiger partial charge < -0.3 is 0 Å². The fourth-order valence-electron chi connectivity index (χ4n) is 2.67. The van der Waals surface area contributed by atoms with Crippen LogP contribution in [0.3, 0.4) is 0 Å². The van der Waals surface area contributed by atoms with Crippen molar-refractivity contribution in [1.82, 2.24) is 4.31 Å². The van der Waals surface area contributed by atoms with Crippen LogP contribution in [0.2, 0.25) is 0 Å². The van der Waals surface area contributed by atoms with Crippen molar-refractivity contribution >= 4 is 20.8 Å². The van der Waals surface area contributed by atoms with E-state index >= 15 is 0 Å². The normalized spacial score (nSPS) is 15.8. The molecule has 1 atom stereocenters. The van der Waals surface area contributed by atoms with E-state index < -0.39 is 60.8 Å². The molecule has 1 aliphatic rings. The highest BCUT2D eigenvalue weighted by Crippen LogP contribution is 2.36. The predicted molar refractivity (Wildman–Crippen MR) is 90.8 cm³/mol. The molecule has 1 fully saturated rings. The Morgan fingerprint density at radius 2 is 1.39 bits per heavy atom. The first-order valence-electron chi connectivity index (χ1n) is 8.01. The Morgan fingerprint density at radius 1 is 0.929 bits per heavy atom. The van der Waals surface area contributed by atoms with Gasteiger partial charge in [0.25, 0.3) is 0 Å². The summed E-state index contributed by atoms with van der Waals surface area (Å²) in [5, 5.41) is 0. The molecule has 0 bridgehead atoms. The zero-order valence-corrected chi connectivity index (χ0v) is 16.0. The molecule has 0 aliphatic heterocycles. The minimum absolute atomic E-state index is 0.330. The van der Waals surface area contributed by atoms with Crippen molar-refractivity contribution in [3.05, 3.63) is 58.9 Å². The Labute approximate surface area is 160 Å². The number of nitrogens with zero attached hydrogens (tertiary/aromatic N) is 1. The van der Waals surface area contributed by atoms with Gasteiger partial charge in [0.05, 0.1) is 0 Å². The summed E-state index contributed by atoms with van der Waals surface area (Å²) in [6.45, 7) is -0.330. The topological polar surface area (TPSA) is 54.5 Å². The minimum Gasteiger partial charge on any atom is -0.255 e. The van der Waals surface area contributed by atoms with Crippen LogP contribution in [0.5, 0.6) is 0 Å². The van der Waals surface area contributed by atoms with Crippen LogP contribution in [-0.4, -0.2) is 29.2 Å². The molecule has 0 amide bonds. The van der Waals surface area contributed by atoms with E-state index in [9.17, 15) is 34.6 Å². The zero-order chi connectivity index (χ0) is 20.8. The number of benzene rings is 2. The SMILES string of the molecule is CS(=O)c1ccc(CN(C2CC2)S(=O)(=O)c2c(F)c(F)c(F)c(F)c2F)cc1. The number of halogens is 5. The molecule has 152 valence electrons. The molecular weight excluding hydrogens is 425 g/mol. The van der Waals surface area contributed by atoms with Gasteiger partial charge in [-0.15, -0.1) is 0 Å². The molecule has 0 aromatic heterocycles. The van der Waals surface area contributed by atoms with Gasteiger partial charge in [-0.25, -0.2) is 30.4 Å². The van der Waals surface area contributed by atoms with E-state index in [1.165, 1.54) is 30.5 Å². The van der Waals surface area contributed by atoms with Crippen molar-refractivity contribution < 1.29 is 34.6 Å². The summed E-state index contributed by atoms with van der Waals surface area (Å²) in [5.74, 6) is -11.8. The first kappa shape index (κ1) is 20.9. The summed E-state index contributed by atoms with van der Waals surface area (Å²) in [4.78, 5) is -1.37. The highest BCUT2D eigenvalue weighted by atomic mass is 32.2. The fraction of sp³-hybridized carbons (Fsp3) is 0.294. The van der Waals surface area contributed by atoms with Gasteiger partial charge in [0.2, 0.25) is 15.8 Å². The van der Waals surface area contributed by atoms with E-state index in [4.69, 9.17) is 0 Å². The Hall–Kier alpha value is -1.85. The third kappa shape index (κ3) is 3.70. The van der Waals surface area contributed by atoms with E-state index in [1.54, 1.807) is 0 Å². The average Bonchev–Trinajstić information content (AvgIpc) is 3.48. The Kier molecular flexibility index (Phi) is 5.61. The van der Waals surface area contributed by atoms with Gasteiger partial charge in [0, 0.05) is 34.5 Å². The van der Waals surface area contributed by atoms with Crippen molar-refractivity contribution in [2.45, 2.75) is 35.2 Å². The molecule has 0 heterocycles. The lowest BCUT2D eigenvalue weighted by molar-refractivity contribution is 0.346. The van der Waals surface area contributed by atoms with E-state index in [1.807, 2.05) is 0 Å². The Morgan fingerprint density at radius 3 is 1.82 bits per heavy atom. The molecule has 3 rings (SSSR count). The molecule has 1 unspecified atom stereocenters. The van der Waals surface area contributed by atoms with Gasteiger partial charge in [0.15, 0.2) is 28.2 Å². The van der Waals surface area contributed by atoms with E-state index in [0.29, 0.717) is 23.3 Å². The van der Waals surface area contributed by atoms with Gasteiger partial charge in [-0.3, -0.25) is 4.21 Å². The van der Waals surface area contributed by atoms with Crippen molar-refractivity contribution in [2.24, 2.45) is 0 Å². The van der Waals surface area contributed by atoms with Crippen LogP contribution < -0.4 is 0 Å². The molecule has 2 aromatic rings. The van der Waals surface area contributed by atoms with Crippen LogP contribution in [-0.2, 0) is 27.4 Å². The number of hydrogen-bond donors (Lipinski definition) is 0. The van der Waals surface area contributed by atoms with Crippen molar-refractivity contribution in [1.29, 1.82) is 0 Å². The van der Waals surface area contributed by atoms with Gasteiger partial charge in [0.1, 0.15) is 0 Å². The first-order valence-corrected chi connectivity index (χ1v) is 11.0. The molecule has 1 saturated carbocycles. The third-order valence-electron chi connectivity index (χ3n) is 4.28. The number of hydrogen-bond acceptors (Lipinski definition) is 3. The fourth-order valence-corrected chi connectivity index (χ4v) is 4.98. The molecule has 4 nitrogen and oxygen atoms in total. The molecule has 1 aliphatic carbocycles. The van der Waals surface area contributed by atoms with Gasteiger partial charge >= 0.3 is 0 Å². The highest BCUT2D eigenvalue weighted by Gasteiger charge is 2.43. The lowest BCUT2D eigenvalue weighted by atomic mass is 10.2. The maximum Gasteiger partial charge on any atom is 0.249 e. The standard InChI is InChI=1S/C17H14F5NO3S2/c1-27(24)11-6-2-9(3-7-11)8-23(10-4-5-10)28(25,26)17-15(21)13(19)12(18)14(20)16(17)22/h2-3,6-7,10H,4-5,8H2,1H3.